The molecule has 0 fully saturated rings. The summed E-state index contributed by atoms with van der Waals surface area (Å²) in [6.45, 7) is 5.09. The average Bonchev–Trinajstić information content (AvgIpc) is 2.28. The standard InChI is InChI=1S/C14H19NO5/c1-14(2,3)20-13(19)15-11(12(17)18)8-9-4-6-10(16)7-5-9/h4-7,11,16H,8H2,1-3H3,(H,15,19)(H,17,18)/t11-/m1/s1. The zero-order valence-corrected chi connectivity index (χ0v) is 11.7. The van der Waals surface area contributed by atoms with Crippen LogP contribution in [0.5, 0.6) is 5.75 Å². The summed E-state index contributed by atoms with van der Waals surface area (Å²) in [5, 5.41) is 20.6. The van der Waals surface area contributed by atoms with Crippen molar-refractivity contribution in [1.82, 2.24) is 5.32 Å². The maximum absolute atomic E-state index is 11.6. The Morgan fingerprint density at radius 2 is 1.80 bits per heavy atom. The first-order valence-corrected chi connectivity index (χ1v) is 6.17. The van der Waals surface area contributed by atoms with Gasteiger partial charge in [-0.25, -0.2) is 9.59 Å². The zero-order valence-electron chi connectivity index (χ0n) is 11.7. The van der Waals surface area contributed by atoms with Crippen molar-refractivity contribution in [3.8, 4) is 5.75 Å². The number of carboxylic acid groups (broad SMARTS) is 1. The SMILES string of the molecule is CC(C)(C)OC(=O)N[C@H](Cc1ccc(O)cc1)C(=O)O. The Kier molecular flexibility index (Phi) is 4.96. The molecule has 1 aromatic carbocycles. The molecule has 3 N–H and O–H groups in total. The molecule has 0 unspecified atom stereocenters. The number of carboxylic acids is 1. The summed E-state index contributed by atoms with van der Waals surface area (Å²) in [7, 11) is 0. The molecule has 110 valence electrons. The van der Waals surface area contributed by atoms with Crippen LogP contribution < -0.4 is 5.32 Å². The van der Waals surface area contributed by atoms with Crippen LogP contribution in [-0.2, 0) is 16.0 Å². The third-order valence-corrected chi connectivity index (χ3v) is 2.37. The van der Waals surface area contributed by atoms with E-state index in [0.717, 1.165) is 0 Å². The van der Waals surface area contributed by atoms with E-state index >= 15 is 0 Å². The fourth-order valence-corrected chi connectivity index (χ4v) is 1.52. The van der Waals surface area contributed by atoms with E-state index < -0.39 is 23.7 Å². The number of ether oxygens (including phenoxy) is 1. The fraction of sp³-hybridized carbons (Fsp3) is 0.429. The molecule has 0 aromatic heterocycles. The van der Waals surface area contributed by atoms with E-state index in [-0.39, 0.29) is 12.2 Å². The lowest BCUT2D eigenvalue weighted by Crippen LogP contribution is -2.44. The van der Waals surface area contributed by atoms with Gasteiger partial charge in [0.25, 0.3) is 0 Å². The number of alkyl carbamates (subject to hydrolysis) is 1. The smallest absolute Gasteiger partial charge is 0.408 e. The number of benzene rings is 1. The summed E-state index contributed by atoms with van der Waals surface area (Å²) >= 11 is 0. The van der Waals surface area contributed by atoms with E-state index in [1.807, 2.05) is 0 Å². The number of hydrogen-bond donors (Lipinski definition) is 3. The summed E-state index contributed by atoms with van der Waals surface area (Å²) in [6, 6.07) is 5.03. The molecule has 0 saturated heterocycles. The molecule has 0 aliphatic rings. The number of rotatable bonds is 4. The quantitative estimate of drug-likeness (QED) is 0.783. The fourth-order valence-electron chi connectivity index (χ4n) is 1.52. The van der Waals surface area contributed by atoms with Gasteiger partial charge in [-0.05, 0) is 38.5 Å². The molecular formula is C14H19NO5. The lowest BCUT2D eigenvalue weighted by molar-refractivity contribution is -0.139. The summed E-state index contributed by atoms with van der Waals surface area (Å²) in [5.41, 5.74) is -0.00247. The van der Waals surface area contributed by atoms with Crippen LogP contribution in [0, 0.1) is 0 Å². The highest BCUT2D eigenvalue weighted by molar-refractivity contribution is 5.80. The molecule has 1 amide bonds. The molecule has 0 saturated carbocycles. The molecule has 0 bridgehead atoms. The summed E-state index contributed by atoms with van der Waals surface area (Å²) in [4.78, 5) is 22.7. The number of hydrogen-bond acceptors (Lipinski definition) is 4. The van der Waals surface area contributed by atoms with Gasteiger partial charge in [0.2, 0.25) is 0 Å². The molecule has 0 spiro atoms. The molecule has 0 aliphatic carbocycles. The van der Waals surface area contributed by atoms with Crippen molar-refractivity contribution < 1.29 is 24.5 Å². The van der Waals surface area contributed by atoms with Crippen molar-refractivity contribution in [2.75, 3.05) is 0 Å². The number of aromatic hydroxyl groups is 1. The maximum Gasteiger partial charge on any atom is 0.408 e. The Morgan fingerprint density at radius 3 is 2.25 bits per heavy atom. The van der Waals surface area contributed by atoms with Gasteiger partial charge in [0.1, 0.15) is 17.4 Å². The molecule has 1 rings (SSSR count). The van der Waals surface area contributed by atoms with Gasteiger partial charge >= 0.3 is 12.1 Å². The van der Waals surface area contributed by atoms with Crippen LogP contribution in [0.15, 0.2) is 24.3 Å². The Bertz CT molecular complexity index is 475. The van der Waals surface area contributed by atoms with Gasteiger partial charge in [-0.1, -0.05) is 12.1 Å². The zero-order chi connectivity index (χ0) is 15.3. The number of phenols is 1. The van der Waals surface area contributed by atoms with Crippen LogP contribution in [0.25, 0.3) is 0 Å². The van der Waals surface area contributed by atoms with Gasteiger partial charge in [0, 0.05) is 6.42 Å². The highest BCUT2D eigenvalue weighted by Gasteiger charge is 2.24. The number of nitrogens with one attached hydrogen (secondary N) is 1. The van der Waals surface area contributed by atoms with E-state index in [2.05, 4.69) is 5.32 Å². The van der Waals surface area contributed by atoms with Crippen LogP contribution >= 0.6 is 0 Å². The van der Waals surface area contributed by atoms with E-state index in [0.29, 0.717) is 5.56 Å². The van der Waals surface area contributed by atoms with Crippen molar-refractivity contribution in [2.45, 2.75) is 38.8 Å². The molecule has 0 heterocycles. The third-order valence-electron chi connectivity index (χ3n) is 2.37. The van der Waals surface area contributed by atoms with Gasteiger partial charge in [0.05, 0.1) is 0 Å². The van der Waals surface area contributed by atoms with Gasteiger partial charge in [-0.3, -0.25) is 0 Å². The number of amides is 1. The van der Waals surface area contributed by atoms with Crippen LogP contribution in [0.2, 0.25) is 0 Å². The first-order chi connectivity index (χ1) is 9.17. The molecule has 6 nitrogen and oxygen atoms in total. The molecule has 1 aromatic rings. The number of carbonyl (C=O) groups excluding carboxylic acids is 1. The molecule has 6 heteroatoms. The predicted octanol–water partition coefficient (Wildman–Crippen LogP) is 1.91. The molecule has 1 atom stereocenters. The van der Waals surface area contributed by atoms with E-state index in [4.69, 9.17) is 14.9 Å². The van der Waals surface area contributed by atoms with Crippen molar-refractivity contribution in [2.24, 2.45) is 0 Å². The third kappa shape index (κ3) is 5.60. The molecule has 20 heavy (non-hydrogen) atoms. The second-order valence-electron chi connectivity index (χ2n) is 5.41. The number of carbonyl (C=O) groups is 2. The van der Waals surface area contributed by atoms with Crippen molar-refractivity contribution in [3.05, 3.63) is 29.8 Å². The van der Waals surface area contributed by atoms with E-state index in [9.17, 15) is 9.59 Å². The number of aliphatic carboxylic acids is 1. The Balaban J connectivity index is 2.68. The summed E-state index contributed by atoms with van der Waals surface area (Å²) in [6.07, 6.45) is -0.668. The van der Waals surface area contributed by atoms with E-state index in [1.165, 1.54) is 12.1 Å². The summed E-state index contributed by atoms with van der Waals surface area (Å²) < 4.78 is 5.02. The van der Waals surface area contributed by atoms with Gasteiger partial charge < -0.3 is 20.3 Å². The predicted molar refractivity (Wildman–Crippen MR) is 72.6 cm³/mol. The van der Waals surface area contributed by atoms with Gasteiger partial charge in [-0.2, -0.15) is 0 Å². The van der Waals surface area contributed by atoms with Gasteiger partial charge in [-0.15, -0.1) is 0 Å². The molecule has 0 aliphatic heterocycles. The largest absolute Gasteiger partial charge is 0.508 e. The minimum Gasteiger partial charge on any atom is -0.508 e. The van der Waals surface area contributed by atoms with E-state index in [1.54, 1.807) is 32.9 Å². The van der Waals surface area contributed by atoms with Crippen LogP contribution in [0.3, 0.4) is 0 Å². The maximum atomic E-state index is 11.6. The molecule has 0 radical (unpaired) electrons. The van der Waals surface area contributed by atoms with Crippen molar-refractivity contribution in [1.29, 1.82) is 0 Å². The van der Waals surface area contributed by atoms with Crippen LogP contribution in [-0.4, -0.2) is 33.9 Å². The number of phenolic OH excluding ortho intramolecular Hbond substituents is 1. The normalized spacial score (nSPS) is 12.6. The second-order valence-corrected chi connectivity index (χ2v) is 5.41. The van der Waals surface area contributed by atoms with Crippen molar-refractivity contribution >= 4 is 12.1 Å². The van der Waals surface area contributed by atoms with Gasteiger partial charge in [0.15, 0.2) is 0 Å². The minimum atomic E-state index is -1.15. The Labute approximate surface area is 117 Å². The topological polar surface area (TPSA) is 95.9 Å². The average molecular weight is 281 g/mol. The highest BCUT2D eigenvalue weighted by atomic mass is 16.6. The molecular weight excluding hydrogens is 262 g/mol. The Morgan fingerprint density at radius 1 is 1.25 bits per heavy atom. The van der Waals surface area contributed by atoms with Crippen molar-refractivity contribution in [3.63, 3.8) is 0 Å². The summed E-state index contributed by atoms with van der Waals surface area (Å²) in [5.74, 6) is -1.05. The Hall–Kier alpha value is -2.24. The lowest BCUT2D eigenvalue weighted by Gasteiger charge is -2.22. The second kappa shape index (κ2) is 6.27. The lowest BCUT2D eigenvalue weighted by atomic mass is 10.1. The monoisotopic (exact) mass is 281 g/mol. The van der Waals surface area contributed by atoms with Crippen LogP contribution in [0.4, 0.5) is 4.79 Å². The first kappa shape index (κ1) is 15.8. The minimum absolute atomic E-state index is 0.0979. The highest BCUT2D eigenvalue weighted by Crippen LogP contribution is 2.12. The first-order valence-electron chi connectivity index (χ1n) is 6.17. The van der Waals surface area contributed by atoms with Crippen LogP contribution in [0.1, 0.15) is 26.3 Å².